The predicted octanol–water partition coefficient (Wildman–Crippen LogP) is 3.17. The number of thioether (sulfide) groups is 1. The summed E-state index contributed by atoms with van der Waals surface area (Å²) in [4.78, 5) is 28.8. The Labute approximate surface area is 145 Å². The van der Waals surface area contributed by atoms with Crippen LogP contribution in [-0.2, 0) is 9.59 Å². The zero-order chi connectivity index (χ0) is 16.6. The van der Waals surface area contributed by atoms with Crippen molar-refractivity contribution in [2.24, 2.45) is 0 Å². The van der Waals surface area contributed by atoms with Gasteiger partial charge in [0.05, 0.1) is 21.1 Å². The van der Waals surface area contributed by atoms with Crippen LogP contribution in [0.1, 0.15) is 5.69 Å². The van der Waals surface area contributed by atoms with Crippen LogP contribution >= 0.6 is 35.6 Å². The number of thiocarbonyl (C=S) groups is 1. The fraction of sp³-hybridized carbons (Fsp3) is 0.0667. The lowest BCUT2D eigenvalue weighted by atomic mass is 10.2. The van der Waals surface area contributed by atoms with Gasteiger partial charge in [0.25, 0.3) is 5.91 Å². The average Bonchev–Trinajstić information content (AvgIpc) is 2.75. The van der Waals surface area contributed by atoms with Gasteiger partial charge in [0.15, 0.2) is 0 Å². The van der Waals surface area contributed by atoms with Gasteiger partial charge < -0.3 is 5.11 Å². The fourth-order valence-electron chi connectivity index (χ4n) is 2.11. The smallest absolute Gasteiger partial charge is 0.323 e. The van der Waals surface area contributed by atoms with E-state index in [-0.39, 0.29) is 4.32 Å². The second-order valence-electron chi connectivity index (χ2n) is 4.71. The molecule has 2 aromatic rings. The minimum Gasteiger partial charge on any atom is -0.480 e. The second kappa shape index (κ2) is 6.27. The third-order valence-corrected chi connectivity index (χ3v) is 4.82. The Morgan fingerprint density at radius 2 is 2.17 bits per heavy atom. The lowest BCUT2D eigenvalue weighted by Gasteiger charge is -2.10. The topological polar surface area (TPSA) is 70.5 Å². The molecule has 0 bridgehead atoms. The molecule has 23 heavy (non-hydrogen) atoms. The van der Waals surface area contributed by atoms with E-state index in [2.05, 4.69) is 4.98 Å². The largest absolute Gasteiger partial charge is 0.480 e. The van der Waals surface area contributed by atoms with Gasteiger partial charge in [-0.25, -0.2) is 4.98 Å². The van der Waals surface area contributed by atoms with Gasteiger partial charge in [-0.1, -0.05) is 53.8 Å². The molecular weight excluding hydrogens is 356 g/mol. The molecule has 3 rings (SSSR count). The summed E-state index contributed by atoms with van der Waals surface area (Å²) in [5.74, 6) is -1.54. The summed E-state index contributed by atoms with van der Waals surface area (Å²) in [5.41, 5.74) is 1.20. The van der Waals surface area contributed by atoms with Crippen molar-refractivity contribution in [2.75, 3.05) is 6.54 Å². The maximum absolute atomic E-state index is 12.2. The van der Waals surface area contributed by atoms with E-state index < -0.39 is 18.4 Å². The first kappa shape index (κ1) is 15.9. The van der Waals surface area contributed by atoms with Crippen LogP contribution in [0, 0.1) is 0 Å². The van der Waals surface area contributed by atoms with Crippen LogP contribution in [-0.4, -0.2) is 37.7 Å². The lowest BCUT2D eigenvalue weighted by molar-refractivity contribution is -0.140. The maximum atomic E-state index is 12.2. The van der Waals surface area contributed by atoms with Crippen molar-refractivity contribution in [1.82, 2.24) is 9.88 Å². The number of rotatable bonds is 3. The number of carboxylic acids is 1. The Morgan fingerprint density at radius 1 is 1.39 bits per heavy atom. The van der Waals surface area contributed by atoms with E-state index in [1.165, 1.54) is 0 Å². The SMILES string of the molecule is O=C(O)CN1C(=O)/C(=C/c2ccc3cccc(Cl)c3n2)SC1=S. The van der Waals surface area contributed by atoms with Crippen molar-refractivity contribution in [3.8, 4) is 0 Å². The van der Waals surface area contributed by atoms with Gasteiger partial charge >= 0.3 is 5.97 Å². The van der Waals surface area contributed by atoms with E-state index in [0.29, 0.717) is 21.1 Å². The van der Waals surface area contributed by atoms with Crippen molar-refractivity contribution < 1.29 is 14.7 Å². The highest BCUT2D eigenvalue weighted by atomic mass is 35.5. The highest BCUT2D eigenvalue weighted by molar-refractivity contribution is 8.26. The molecule has 0 aliphatic carbocycles. The number of nitrogens with zero attached hydrogens (tertiary/aromatic N) is 2. The summed E-state index contributed by atoms with van der Waals surface area (Å²) in [6.07, 6.45) is 1.59. The monoisotopic (exact) mass is 364 g/mol. The number of para-hydroxylation sites is 1. The molecule has 2 heterocycles. The number of carbonyl (C=O) groups excluding carboxylic acids is 1. The van der Waals surface area contributed by atoms with E-state index in [1.807, 2.05) is 18.2 Å². The molecule has 1 aromatic heterocycles. The second-order valence-corrected chi connectivity index (χ2v) is 6.79. The van der Waals surface area contributed by atoms with Gasteiger partial charge in [-0.2, -0.15) is 0 Å². The van der Waals surface area contributed by atoms with Gasteiger partial charge in [0, 0.05) is 5.39 Å². The number of fused-ring (bicyclic) bond motifs is 1. The van der Waals surface area contributed by atoms with Crippen LogP contribution in [0.15, 0.2) is 35.2 Å². The molecular formula is C15H9ClN2O3S2. The molecule has 1 fully saturated rings. The summed E-state index contributed by atoms with van der Waals surface area (Å²) >= 11 is 12.2. The van der Waals surface area contributed by atoms with Crippen LogP contribution in [0.2, 0.25) is 5.02 Å². The minimum absolute atomic E-state index is 0.225. The molecule has 1 aliphatic rings. The van der Waals surface area contributed by atoms with E-state index in [1.54, 1.807) is 18.2 Å². The van der Waals surface area contributed by atoms with E-state index in [4.69, 9.17) is 28.9 Å². The van der Waals surface area contributed by atoms with Crippen LogP contribution in [0.4, 0.5) is 0 Å². The van der Waals surface area contributed by atoms with Crippen molar-refractivity contribution >= 4 is 68.8 Å². The molecule has 1 aromatic carbocycles. The molecule has 0 atom stereocenters. The first-order chi connectivity index (χ1) is 11.0. The summed E-state index contributed by atoms with van der Waals surface area (Å²) in [6.45, 7) is -0.445. The van der Waals surface area contributed by atoms with Crippen molar-refractivity contribution in [1.29, 1.82) is 0 Å². The molecule has 1 saturated heterocycles. The third kappa shape index (κ3) is 3.21. The van der Waals surface area contributed by atoms with E-state index >= 15 is 0 Å². The molecule has 0 spiro atoms. The number of benzene rings is 1. The summed E-state index contributed by atoms with van der Waals surface area (Å²) in [5, 5.41) is 10.2. The first-order valence-corrected chi connectivity index (χ1v) is 8.08. The predicted molar refractivity (Wildman–Crippen MR) is 94.3 cm³/mol. The highest BCUT2D eigenvalue weighted by Crippen LogP contribution is 2.32. The Balaban J connectivity index is 1.96. The fourth-order valence-corrected chi connectivity index (χ4v) is 3.58. The number of amides is 1. The Morgan fingerprint density at radius 3 is 2.91 bits per heavy atom. The molecule has 0 unspecified atom stereocenters. The van der Waals surface area contributed by atoms with Crippen LogP contribution in [0.25, 0.3) is 17.0 Å². The summed E-state index contributed by atoms with van der Waals surface area (Å²) in [7, 11) is 0. The van der Waals surface area contributed by atoms with Crippen molar-refractivity contribution in [3.05, 3.63) is 46.0 Å². The van der Waals surface area contributed by atoms with Crippen LogP contribution in [0.5, 0.6) is 0 Å². The zero-order valence-electron chi connectivity index (χ0n) is 11.5. The van der Waals surface area contributed by atoms with E-state index in [0.717, 1.165) is 22.0 Å². The highest BCUT2D eigenvalue weighted by Gasteiger charge is 2.33. The number of hydrogen-bond donors (Lipinski definition) is 1. The molecule has 1 amide bonds. The lowest BCUT2D eigenvalue weighted by Crippen LogP contribution is -2.33. The van der Waals surface area contributed by atoms with Crippen LogP contribution < -0.4 is 0 Å². The normalized spacial score (nSPS) is 16.6. The molecule has 0 saturated carbocycles. The van der Waals surface area contributed by atoms with Gasteiger partial charge in [0.2, 0.25) is 0 Å². The first-order valence-electron chi connectivity index (χ1n) is 6.48. The van der Waals surface area contributed by atoms with Gasteiger partial charge in [0.1, 0.15) is 10.9 Å². The third-order valence-electron chi connectivity index (χ3n) is 3.14. The van der Waals surface area contributed by atoms with Crippen LogP contribution in [0.3, 0.4) is 0 Å². The molecule has 116 valence electrons. The number of carboxylic acid groups (broad SMARTS) is 1. The average molecular weight is 365 g/mol. The number of aromatic nitrogens is 1. The number of carbonyl (C=O) groups is 2. The van der Waals surface area contributed by atoms with Gasteiger partial charge in [-0.3, -0.25) is 14.5 Å². The zero-order valence-corrected chi connectivity index (χ0v) is 13.9. The summed E-state index contributed by atoms with van der Waals surface area (Å²) in [6, 6.07) is 9.10. The quantitative estimate of drug-likeness (QED) is 0.666. The number of hydrogen-bond acceptors (Lipinski definition) is 5. The van der Waals surface area contributed by atoms with Gasteiger partial charge in [-0.15, -0.1) is 0 Å². The standard InChI is InChI=1S/C15H9ClN2O3S2/c16-10-3-1-2-8-4-5-9(17-13(8)10)6-11-14(21)18(7-12(19)20)15(22)23-11/h1-6H,7H2,(H,19,20)/b11-6-. The summed E-state index contributed by atoms with van der Waals surface area (Å²) < 4.78 is 0.225. The van der Waals surface area contributed by atoms with Gasteiger partial charge in [-0.05, 0) is 18.2 Å². The molecule has 1 N–H and O–H groups in total. The molecule has 5 nitrogen and oxygen atoms in total. The Bertz CT molecular complexity index is 882. The minimum atomic E-state index is -1.11. The van der Waals surface area contributed by atoms with E-state index in [9.17, 15) is 9.59 Å². The van der Waals surface area contributed by atoms with Crippen molar-refractivity contribution in [3.63, 3.8) is 0 Å². The Kier molecular flexibility index (Phi) is 4.34. The number of halogens is 1. The maximum Gasteiger partial charge on any atom is 0.323 e. The van der Waals surface area contributed by atoms with Crippen molar-refractivity contribution in [2.45, 2.75) is 0 Å². The number of pyridine rings is 1. The molecule has 0 radical (unpaired) electrons. The Hall–Kier alpha value is -1.96. The molecule has 1 aliphatic heterocycles. The molecule has 8 heteroatoms. The number of aliphatic carboxylic acids is 1.